The lowest BCUT2D eigenvalue weighted by Gasteiger charge is -2.36. The number of nitrogens with zero attached hydrogens (tertiary/aromatic N) is 2. The van der Waals surface area contributed by atoms with E-state index in [1.165, 1.54) is 22.2 Å². The Balaban J connectivity index is 1.44. The zero-order chi connectivity index (χ0) is 23.9. The molecule has 6 rings (SSSR count). The Morgan fingerprint density at radius 2 is 1.69 bits per heavy atom. The average molecular weight is 502 g/mol. The van der Waals surface area contributed by atoms with Crippen molar-refractivity contribution in [1.29, 1.82) is 0 Å². The predicted octanol–water partition coefficient (Wildman–Crippen LogP) is 7.11. The summed E-state index contributed by atoms with van der Waals surface area (Å²) in [7, 11) is 3.37. The van der Waals surface area contributed by atoms with Crippen LogP contribution in [0.3, 0.4) is 0 Å². The third-order valence-corrected chi connectivity index (χ3v) is 7.76. The Kier molecular flexibility index (Phi) is 5.63. The summed E-state index contributed by atoms with van der Waals surface area (Å²) >= 11 is 8.03. The fraction of sp³-hybridized carbons (Fsp3) is 0.179. The van der Waals surface area contributed by atoms with Gasteiger partial charge in [0.25, 0.3) is 0 Å². The molecule has 0 fully saturated rings. The number of H-pyrrole nitrogens is 1. The number of fused-ring (bicyclic) bond motifs is 3. The maximum Gasteiger partial charge on any atom is 0.186 e. The number of halogens is 1. The van der Waals surface area contributed by atoms with Gasteiger partial charge in [-0.2, -0.15) is 0 Å². The molecule has 5 nitrogen and oxygen atoms in total. The summed E-state index contributed by atoms with van der Waals surface area (Å²) in [5.41, 5.74) is 6.86. The number of aromatic amines is 1. The minimum atomic E-state index is 0.00528. The van der Waals surface area contributed by atoms with Gasteiger partial charge in [-0.3, -0.25) is 0 Å². The molecule has 0 saturated carbocycles. The molecule has 0 saturated heterocycles. The van der Waals surface area contributed by atoms with Gasteiger partial charge in [0.1, 0.15) is 11.5 Å². The van der Waals surface area contributed by atoms with Crippen LogP contribution in [0.1, 0.15) is 22.9 Å². The molecular weight excluding hydrogens is 478 g/mol. The van der Waals surface area contributed by atoms with Crippen molar-refractivity contribution in [3.05, 3.63) is 94.0 Å². The van der Waals surface area contributed by atoms with Crippen LogP contribution in [0.2, 0.25) is 5.02 Å². The first kappa shape index (κ1) is 22.0. The molecule has 176 valence electrons. The lowest BCUT2D eigenvalue weighted by Crippen LogP contribution is -2.36. The number of methoxy groups -OCH3 is 2. The fourth-order valence-corrected chi connectivity index (χ4v) is 5.95. The Labute approximate surface area is 212 Å². The zero-order valence-electron chi connectivity index (χ0n) is 19.4. The van der Waals surface area contributed by atoms with Gasteiger partial charge in [-0.15, -0.1) is 11.3 Å². The van der Waals surface area contributed by atoms with Crippen molar-refractivity contribution in [1.82, 2.24) is 9.97 Å². The Morgan fingerprint density at radius 1 is 0.971 bits per heavy atom. The molecule has 0 aliphatic carbocycles. The molecule has 7 heteroatoms. The predicted molar refractivity (Wildman–Crippen MR) is 143 cm³/mol. The molecule has 0 bridgehead atoms. The summed E-state index contributed by atoms with van der Waals surface area (Å²) in [5.74, 6) is 1.68. The van der Waals surface area contributed by atoms with E-state index in [9.17, 15) is 0 Å². The van der Waals surface area contributed by atoms with Gasteiger partial charge in [0, 0.05) is 39.1 Å². The Hall–Kier alpha value is -3.48. The number of thiazole rings is 1. The minimum absolute atomic E-state index is 0.00528. The van der Waals surface area contributed by atoms with Gasteiger partial charge in [-0.1, -0.05) is 23.7 Å². The highest BCUT2D eigenvalue weighted by atomic mass is 35.5. The monoisotopic (exact) mass is 501 g/mol. The SMILES string of the molecule is COc1ccc(-c2csc(N3CCc4c([nH]c5ccc(Cl)cc45)C3c3ccc(OC)cc3)n2)cc1. The van der Waals surface area contributed by atoms with Crippen molar-refractivity contribution in [2.24, 2.45) is 0 Å². The molecule has 35 heavy (non-hydrogen) atoms. The molecular formula is C28H24ClN3O2S. The lowest BCUT2D eigenvalue weighted by atomic mass is 9.92. The summed E-state index contributed by atoms with van der Waals surface area (Å²) in [4.78, 5) is 11.2. The van der Waals surface area contributed by atoms with Crippen molar-refractivity contribution in [3.8, 4) is 22.8 Å². The molecule has 0 amide bonds. The van der Waals surface area contributed by atoms with Gasteiger partial charge in [0.2, 0.25) is 0 Å². The van der Waals surface area contributed by atoms with Crippen LogP contribution >= 0.6 is 22.9 Å². The van der Waals surface area contributed by atoms with Crippen LogP contribution in [0.15, 0.2) is 72.1 Å². The molecule has 0 spiro atoms. The van der Waals surface area contributed by atoms with Gasteiger partial charge < -0.3 is 19.4 Å². The highest BCUT2D eigenvalue weighted by Gasteiger charge is 2.33. The first-order valence-corrected chi connectivity index (χ1v) is 12.7. The van der Waals surface area contributed by atoms with E-state index in [0.29, 0.717) is 0 Å². The fourth-order valence-electron chi connectivity index (χ4n) is 4.89. The van der Waals surface area contributed by atoms with Crippen molar-refractivity contribution >= 4 is 39.0 Å². The Morgan fingerprint density at radius 3 is 2.40 bits per heavy atom. The van der Waals surface area contributed by atoms with Crippen molar-refractivity contribution in [2.45, 2.75) is 12.5 Å². The van der Waals surface area contributed by atoms with Crippen LogP contribution in [0.25, 0.3) is 22.2 Å². The Bertz CT molecular complexity index is 1490. The quantitative estimate of drug-likeness (QED) is 0.278. The highest BCUT2D eigenvalue weighted by Crippen LogP contribution is 2.43. The number of benzene rings is 3. The van der Waals surface area contributed by atoms with Gasteiger partial charge in [-0.05, 0) is 72.1 Å². The second-order valence-corrected chi connectivity index (χ2v) is 9.84. The summed E-state index contributed by atoms with van der Waals surface area (Å²) < 4.78 is 10.7. The second kappa shape index (κ2) is 8.95. The van der Waals surface area contributed by atoms with E-state index >= 15 is 0 Å². The van der Waals surface area contributed by atoms with Crippen LogP contribution in [0.5, 0.6) is 11.5 Å². The smallest absolute Gasteiger partial charge is 0.186 e. The van der Waals surface area contributed by atoms with Crippen LogP contribution < -0.4 is 14.4 Å². The number of aromatic nitrogens is 2. The molecule has 2 aromatic heterocycles. The largest absolute Gasteiger partial charge is 0.497 e. The molecule has 1 atom stereocenters. The van der Waals surface area contributed by atoms with Gasteiger partial charge in [0.15, 0.2) is 5.13 Å². The van der Waals surface area contributed by atoms with Crippen molar-refractivity contribution in [3.63, 3.8) is 0 Å². The zero-order valence-corrected chi connectivity index (χ0v) is 21.0. The number of anilines is 1. The topological polar surface area (TPSA) is 50.4 Å². The van der Waals surface area contributed by atoms with E-state index in [1.54, 1.807) is 25.6 Å². The van der Waals surface area contributed by atoms with E-state index < -0.39 is 0 Å². The highest BCUT2D eigenvalue weighted by molar-refractivity contribution is 7.14. The maximum absolute atomic E-state index is 6.36. The molecule has 5 aromatic rings. The van der Waals surface area contributed by atoms with Gasteiger partial charge in [-0.25, -0.2) is 4.98 Å². The van der Waals surface area contributed by atoms with Gasteiger partial charge in [0.05, 0.1) is 26.0 Å². The summed E-state index contributed by atoms with van der Waals surface area (Å²) in [6, 6.07) is 22.4. The van der Waals surface area contributed by atoms with Crippen LogP contribution in [-0.2, 0) is 6.42 Å². The van der Waals surface area contributed by atoms with Crippen LogP contribution in [0, 0.1) is 0 Å². The molecule has 3 heterocycles. The number of hydrogen-bond donors (Lipinski definition) is 1. The molecule has 1 N–H and O–H groups in total. The number of nitrogens with one attached hydrogen (secondary N) is 1. The van der Waals surface area contributed by atoms with E-state index in [2.05, 4.69) is 39.5 Å². The van der Waals surface area contributed by atoms with E-state index in [0.717, 1.165) is 51.4 Å². The van der Waals surface area contributed by atoms with Gasteiger partial charge >= 0.3 is 0 Å². The molecule has 3 aromatic carbocycles. The number of rotatable bonds is 5. The van der Waals surface area contributed by atoms with Crippen LogP contribution in [0.4, 0.5) is 5.13 Å². The summed E-state index contributed by atoms with van der Waals surface area (Å²) in [6.07, 6.45) is 0.916. The first-order valence-electron chi connectivity index (χ1n) is 11.4. The van der Waals surface area contributed by atoms with Crippen molar-refractivity contribution < 1.29 is 9.47 Å². The maximum atomic E-state index is 6.36. The molecule has 0 radical (unpaired) electrons. The lowest BCUT2D eigenvalue weighted by molar-refractivity contribution is 0.414. The number of ether oxygens (including phenoxy) is 2. The van der Waals surface area contributed by atoms with Crippen molar-refractivity contribution in [2.75, 3.05) is 25.7 Å². The standard InChI is InChI=1S/C28H24ClN3O2S/c1-33-20-8-3-17(4-9-20)25-16-35-28(31-25)32-14-13-22-23-15-19(29)7-12-24(23)30-26(22)27(32)18-5-10-21(34-2)11-6-18/h3-12,15-16,27,30H,13-14H2,1-2H3. The summed E-state index contributed by atoms with van der Waals surface area (Å²) in [6.45, 7) is 0.860. The third kappa shape index (κ3) is 3.93. The van der Waals surface area contributed by atoms with E-state index in [4.69, 9.17) is 26.1 Å². The first-order chi connectivity index (χ1) is 17.1. The minimum Gasteiger partial charge on any atom is -0.497 e. The number of hydrogen-bond acceptors (Lipinski definition) is 5. The second-order valence-electron chi connectivity index (χ2n) is 8.57. The normalized spacial score (nSPS) is 15.3. The molecule has 1 aliphatic rings. The third-order valence-electron chi connectivity index (χ3n) is 6.64. The average Bonchev–Trinajstić information content (AvgIpc) is 3.53. The van der Waals surface area contributed by atoms with E-state index in [1.807, 2.05) is 42.5 Å². The van der Waals surface area contributed by atoms with Crippen LogP contribution in [-0.4, -0.2) is 30.7 Å². The summed E-state index contributed by atoms with van der Waals surface area (Å²) in [5, 5.41) is 5.08. The molecule has 1 aliphatic heterocycles. The van der Waals surface area contributed by atoms with E-state index in [-0.39, 0.29) is 6.04 Å². The molecule has 1 unspecified atom stereocenters.